The number of nitrogens with one attached hydrogen (secondary N) is 4. The van der Waals surface area contributed by atoms with Gasteiger partial charge in [-0.05, 0) is 47.4 Å². The highest BCUT2D eigenvalue weighted by atomic mass is 16.5. The van der Waals surface area contributed by atoms with Crippen LogP contribution in [0.3, 0.4) is 0 Å². The van der Waals surface area contributed by atoms with E-state index in [0.29, 0.717) is 35.8 Å². The van der Waals surface area contributed by atoms with E-state index >= 15 is 0 Å². The van der Waals surface area contributed by atoms with E-state index in [1.54, 1.807) is 46.6 Å². The summed E-state index contributed by atoms with van der Waals surface area (Å²) in [7, 11) is 6.22. The highest BCUT2D eigenvalue weighted by molar-refractivity contribution is 5.97. The number of carbonyl (C=O) groups is 2. The third-order valence-corrected chi connectivity index (χ3v) is 6.19. The quantitative estimate of drug-likeness (QED) is 0.191. The van der Waals surface area contributed by atoms with E-state index in [4.69, 9.17) is 24.4 Å². The minimum Gasteiger partial charge on any atom is -0.493 e. The SMILES string of the molecule is COc1ccc(CCC(=O)NC(=N)N[C@H](Cc2ccccc2)C(=O)NCc2ccc(OC)c(OC)c2)cc1OC. The van der Waals surface area contributed by atoms with E-state index in [9.17, 15) is 9.59 Å². The maximum atomic E-state index is 13.2. The van der Waals surface area contributed by atoms with E-state index < -0.39 is 6.04 Å². The molecule has 0 aliphatic rings. The fourth-order valence-corrected chi connectivity index (χ4v) is 4.07. The first kappa shape index (κ1) is 29.8. The minimum atomic E-state index is -0.791. The molecule has 10 heteroatoms. The molecule has 3 aromatic carbocycles. The van der Waals surface area contributed by atoms with Crippen LogP contribution in [-0.2, 0) is 29.0 Å². The molecule has 0 fully saturated rings. The summed E-state index contributed by atoms with van der Waals surface area (Å²) < 4.78 is 21.2. The van der Waals surface area contributed by atoms with Gasteiger partial charge in [0, 0.05) is 19.4 Å². The van der Waals surface area contributed by atoms with Crippen LogP contribution in [0.25, 0.3) is 0 Å². The molecule has 0 saturated carbocycles. The van der Waals surface area contributed by atoms with Crippen molar-refractivity contribution in [3.05, 3.63) is 83.4 Å². The lowest BCUT2D eigenvalue weighted by Gasteiger charge is -2.20. The summed E-state index contributed by atoms with van der Waals surface area (Å²) in [5, 5.41) is 16.6. The molecular weight excluding hydrogens is 512 g/mol. The summed E-state index contributed by atoms with van der Waals surface area (Å²) in [6, 6.07) is 19.5. The van der Waals surface area contributed by atoms with Crippen LogP contribution in [-0.4, -0.2) is 52.3 Å². The van der Waals surface area contributed by atoms with Crippen molar-refractivity contribution >= 4 is 17.8 Å². The van der Waals surface area contributed by atoms with Gasteiger partial charge in [-0.3, -0.25) is 20.3 Å². The van der Waals surface area contributed by atoms with Crippen LogP contribution >= 0.6 is 0 Å². The summed E-state index contributed by atoms with van der Waals surface area (Å²) in [4.78, 5) is 25.7. The van der Waals surface area contributed by atoms with Crippen molar-refractivity contribution in [2.24, 2.45) is 0 Å². The van der Waals surface area contributed by atoms with Crippen LogP contribution in [0, 0.1) is 5.41 Å². The monoisotopic (exact) mass is 548 g/mol. The van der Waals surface area contributed by atoms with Gasteiger partial charge in [0.05, 0.1) is 28.4 Å². The molecule has 0 aliphatic carbocycles. The summed E-state index contributed by atoms with van der Waals surface area (Å²) in [6.07, 6.45) is 0.912. The van der Waals surface area contributed by atoms with Gasteiger partial charge in [-0.1, -0.05) is 42.5 Å². The summed E-state index contributed by atoms with van der Waals surface area (Å²) in [5.74, 6) is 1.43. The molecule has 3 aromatic rings. The highest BCUT2D eigenvalue weighted by Crippen LogP contribution is 2.28. The number of hydrogen-bond donors (Lipinski definition) is 4. The summed E-state index contributed by atoms with van der Waals surface area (Å²) in [5.41, 5.74) is 2.63. The van der Waals surface area contributed by atoms with Crippen molar-refractivity contribution in [1.29, 1.82) is 5.41 Å². The van der Waals surface area contributed by atoms with Gasteiger partial charge in [0.15, 0.2) is 29.0 Å². The zero-order valence-corrected chi connectivity index (χ0v) is 23.2. The lowest BCUT2D eigenvalue weighted by molar-refractivity contribution is -0.123. The zero-order chi connectivity index (χ0) is 28.9. The molecule has 40 heavy (non-hydrogen) atoms. The Morgan fingerprint density at radius 2 is 1.32 bits per heavy atom. The first-order chi connectivity index (χ1) is 19.4. The van der Waals surface area contributed by atoms with Crippen molar-refractivity contribution in [2.45, 2.75) is 31.8 Å². The van der Waals surface area contributed by atoms with Gasteiger partial charge in [0.2, 0.25) is 11.8 Å². The average molecular weight is 549 g/mol. The summed E-state index contributed by atoms with van der Waals surface area (Å²) >= 11 is 0. The van der Waals surface area contributed by atoms with Crippen LogP contribution in [0.4, 0.5) is 0 Å². The lowest BCUT2D eigenvalue weighted by atomic mass is 10.1. The van der Waals surface area contributed by atoms with Crippen LogP contribution < -0.4 is 34.9 Å². The molecule has 0 bridgehead atoms. The van der Waals surface area contributed by atoms with Crippen molar-refractivity contribution in [1.82, 2.24) is 16.0 Å². The molecule has 0 aromatic heterocycles. The Kier molecular flexibility index (Phi) is 11.2. The van der Waals surface area contributed by atoms with Crippen molar-refractivity contribution in [3.63, 3.8) is 0 Å². The predicted octanol–water partition coefficient (Wildman–Crippen LogP) is 3.22. The van der Waals surface area contributed by atoms with Crippen LogP contribution in [0.2, 0.25) is 0 Å². The molecule has 10 nitrogen and oxygen atoms in total. The topological polar surface area (TPSA) is 131 Å². The van der Waals surface area contributed by atoms with Gasteiger partial charge in [0.1, 0.15) is 6.04 Å². The number of methoxy groups -OCH3 is 4. The lowest BCUT2D eigenvalue weighted by Crippen LogP contribution is -2.52. The normalized spacial score (nSPS) is 11.1. The molecule has 3 rings (SSSR count). The molecule has 4 N–H and O–H groups in total. The van der Waals surface area contributed by atoms with Gasteiger partial charge >= 0.3 is 0 Å². The zero-order valence-electron chi connectivity index (χ0n) is 23.2. The minimum absolute atomic E-state index is 0.147. The fraction of sp³-hybridized carbons (Fsp3) is 0.300. The van der Waals surface area contributed by atoms with E-state index in [-0.39, 0.29) is 30.7 Å². The number of guanidine groups is 1. The molecule has 2 amide bonds. The van der Waals surface area contributed by atoms with Crippen LogP contribution in [0.1, 0.15) is 23.1 Å². The third-order valence-electron chi connectivity index (χ3n) is 6.19. The number of hydrogen-bond acceptors (Lipinski definition) is 7. The van der Waals surface area contributed by atoms with Crippen LogP contribution in [0.15, 0.2) is 66.7 Å². The van der Waals surface area contributed by atoms with Crippen molar-refractivity contribution < 1.29 is 28.5 Å². The second-order valence-corrected chi connectivity index (χ2v) is 8.91. The number of aryl methyl sites for hydroxylation is 1. The fourth-order valence-electron chi connectivity index (χ4n) is 4.07. The molecule has 0 aliphatic heterocycles. The number of rotatable bonds is 13. The average Bonchev–Trinajstić information content (AvgIpc) is 2.98. The molecular formula is C30H36N4O6. The van der Waals surface area contributed by atoms with E-state index in [1.165, 1.54) is 0 Å². The van der Waals surface area contributed by atoms with Gasteiger partial charge in [-0.2, -0.15) is 0 Å². The number of carbonyl (C=O) groups excluding carboxylic acids is 2. The maximum Gasteiger partial charge on any atom is 0.243 e. The Balaban J connectivity index is 1.60. The molecule has 0 saturated heterocycles. The number of ether oxygens (including phenoxy) is 4. The Labute approximate surface area is 234 Å². The second kappa shape index (κ2) is 15.0. The van der Waals surface area contributed by atoms with Gasteiger partial charge < -0.3 is 29.6 Å². The third kappa shape index (κ3) is 8.65. The first-order valence-corrected chi connectivity index (χ1v) is 12.7. The smallest absolute Gasteiger partial charge is 0.243 e. The van der Waals surface area contributed by atoms with Crippen LogP contribution in [0.5, 0.6) is 23.0 Å². The van der Waals surface area contributed by atoms with Crippen molar-refractivity contribution in [3.8, 4) is 23.0 Å². The Morgan fingerprint density at radius 3 is 1.93 bits per heavy atom. The standard InChI is InChI=1S/C30H36N4O6/c1-37-24-13-10-21(17-26(24)39-3)12-15-28(35)34-30(31)33-23(16-20-8-6-5-7-9-20)29(36)32-19-22-11-14-25(38-2)27(18-22)40-4/h5-11,13-14,17-18,23H,12,15-16,19H2,1-4H3,(H,32,36)(H3,31,33,34,35)/t23-/m1/s1. The van der Waals surface area contributed by atoms with Gasteiger partial charge in [0.25, 0.3) is 0 Å². The maximum absolute atomic E-state index is 13.2. The molecule has 0 radical (unpaired) electrons. The first-order valence-electron chi connectivity index (χ1n) is 12.7. The Bertz CT molecular complexity index is 1300. The second-order valence-electron chi connectivity index (χ2n) is 8.91. The Morgan fingerprint density at radius 1 is 0.750 bits per heavy atom. The Hall–Kier alpha value is -4.73. The largest absolute Gasteiger partial charge is 0.493 e. The highest BCUT2D eigenvalue weighted by Gasteiger charge is 2.21. The molecule has 212 valence electrons. The van der Waals surface area contributed by atoms with Gasteiger partial charge in [-0.25, -0.2) is 0 Å². The van der Waals surface area contributed by atoms with Gasteiger partial charge in [-0.15, -0.1) is 0 Å². The van der Waals surface area contributed by atoms with E-state index in [2.05, 4.69) is 16.0 Å². The summed E-state index contributed by atoms with van der Waals surface area (Å²) in [6.45, 7) is 0.247. The molecule has 0 heterocycles. The number of amides is 2. The molecule has 0 unspecified atom stereocenters. The van der Waals surface area contributed by atoms with Crippen molar-refractivity contribution in [2.75, 3.05) is 28.4 Å². The van der Waals surface area contributed by atoms with E-state index in [1.807, 2.05) is 48.5 Å². The molecule has 1 atom stereocenters. The predicted molar refractivity (Wildman–Crippen MR) is 152 cm³/mol. The molecule has 0 spiro atoms. The number of benzene rings is 3. The van der Waals surface area contributed by atoms with E-state index in [0.717, 1.165) is 16.7 Å².